The Hall–Kier alpha value is -1.88. The zero-order chi connectivity index (χ0) is 13.1. The van der Waals surface area contributed by atoms with E-state index >= 15 is 0 Å². The van der Waals surface area contributed by atoms with Gasteiger partial charge in [0, 0.05) is 11.5 Å². The first-order valence-electron chi connectivity index (χ1n) is 5.17. The van der Waals surface area contributed by atoms with Crippen LogP contribution in [0.1, 0.15) is 10.5 Å². The van der Waals surface area contributed by atoms with Gasteiger partial charge in [0.05, 0.1) is 11.4 Å². The van der Waals surface area contributed by atoms with Crippen LogP contribution < -0.4 is 5.43 Å². The maximum absolute atomic E-state index is 13.0. The molecule has 0 radical (unpaired) electrons. The van der Waals surface area contributed by atoms with Gasteiger partial charge < -0.3 is 9.72 Å². The number of hydrogen-bond acceptors (Lipinski definition) is 3. The number of ether oxygens (including phenoxy) is 1. The summed E-state index contributed by atoms with van der Waals surface area (Å²) in [5, 5.41) is 0.184. The number of rotatable bonds is 3. The number of nitrogens with one attached hydrogen (secondary N) is 1. The number of carbonyl (C=O) groups is 1. The summed E-state index contributed by atoms with van der Waals surface area (Å²) in [6.45, 7) is 0.0594. The molecule has 4 nitrogen and oxygen atoms in total. The molecule has 0 atom stereocenters. The molecule has 1 heterocycles. The van der Waals surface area contributed by atoms with Crippen molar-refractivity contribution in [3.8, 4) is 0 Å². The molecule has 6 heteroatoms. The second-order valence-corrected chi connectivity index (χ2v) is 3.94. The molecule has 0 spiro atoms. The lowest BCUT2D eigenvalue weighted by atomic mass is 10.2. The van der Waals surface area contributed by atoms with Crippen LogP contribution in [-0.2, 0) is 4.74 Å². The van der Waals surface area contributed by atoms with Crippen LogP contribution in [0.2, 0.25) is 0 Å². The fourth-order valence-electron chi connectivity index (χ4n) is 1.54. The molecule has 1 N–H and O–H groups in total. The average Bonchev–Trinajstić information content (AvgIpc) is 2.36. The van der Waals surface area contributed by atoms with Crippen molar-refractivity contribution in [2.24, 2.45) is 0 Å². The first-order chi connectivity index (χ1) is 8.61. The van der Waals surface area contributed by atoms with E-state index in [2.05, 4.69) is 4.98 Å². The van der Waals surface area contributed by atoms with E-state index in [1.165, 1.54) is 12.1 Å². The first-order valence-corrected chi connectivity index (χ1v) is 5.71. The van der Waals surface area contributed by atoms with Gasteiger partial charge in [0.25, 0.3) is 0 Å². The summed E-state index contributed by atoms with van der Waals surface area (Å²) >= 11 is 5.39. The van der Waals surface area contributed by atoms with Gasteiger partial charge in [-0.3, -0.25) is 4.79 Å². The van der Waals surface area contributed by atoms with E-state index in [-0.39, 0.29) is 23.6 Å². The Labute approximate surface area is 106 Å². The van der Waals surface area contributed by atoms with E-state index in [1.54, 1.807) is 0 Å². The second kappa shape index (κ2) is 5.18. The van der Waals surface area contributed by atoms with Crippen LogP contribution in [0.4, 0.5) is 4.39 Å². The summed E-state index contributed by atoms with van der Waals surface area (Å²) in [6, 6.07) is 4.79. The molecule has 18 heavy (non-hydrogen) atoms. The van der Waals surface area contributed by atoms with Crippen molar-refractivity contribution < 1.29 is 13.9 Å². The number of halogens is 2. The topological polar surface area (TPSA) is 59.2 Å². The van der Waals surface area contributed by atoms with E-state index in [1.807, 2.05) is 0 Å². The number of aromatic amines is 1. The molecule has 2 rings (SSSR count). The summed E-state index contributed by atoms with van der Waals surface area (Å²) < 4.78 is 17.8. The standard InChI is InChI=1S/C12H9ClFNO3/c13-3-4-18-12(17)10-6-11(16)8-5-7(14)1-2-9(8)15-10/h1-2,5-6H,3-4H2,(H,15,16). The fourth-order valence-corrected chi connectivity index (χ4v) is 1.62. The highest BCUT2D eigenvalue weighted by molar-refractivity contribution is 6.18. The van der Waals surface area contributed by atoms with Crippen molar-refractivity contribution in [2.75, 3.05) is 12.5 Å². The summed E-state index contributed by atoms with van der Waals surface area (Å²) in [5.41, 5.74) is -0.0491. The Morgan fingerprint density at radius 2 is 2.17 bits per heavy atom. The minimum absolute atomic E-state index is 0.0178. The maximum atomic E-state index is 13.0. The highest BCUT2D eigenvalue weighted by Crippen LogP contribution is 2.10. The van der Waals surface area contributed by atoms with Gasteiger partial charge in [0.1, 0.15) is 18.1 Å². The van der Waals surface area contributed by atoms with Gasteiger partial charge in [0.15, 0.2) is 5.43 Å². The average molecular weight is 270 g/mol. The zero-order valence-corrected chi connectivity index (χ0v) is 9.96. The van der Waals surface area contributed by atoms with Crippen molar-refractivity contribution in [1.29, 1.82) is 0 Å². The minimum Gasteiger partial charge on any atom is -0.460 e. The normalized spacial score (nSPS) is 10.6. The molecule has 1 aromatic carbocycles. The molecule has 0 aliphatic carbocycles. The van der Waals surface area contributed by atoms with E-state index < -0.39 is 17.2 Å². The Kier molecular flexibility index (Phi) is 3.62. The van der Waals surface area contributed by atoms with Crippen LogP contribution in [0.3, 0.4) is 0 Å². The first kappa shape index (κ1) is 12.6. The Morgan fingerprint density at radius 1 is 1.39 bits per heavy atom. The molecule has 0 saturated carbocycles. The molecule has 0 aliphatic rings. The molecular formula is C12H9ClFNO3. The summed E-state index contributed by atoms with van der Waals surface area (Å²) in [5.74, 6) is -1.00. The summed E-state index contributed by atoms with van der Waals surface area (Å²) in [7, 11) is 0. The molecule has 0 bridgehead atoms. The number of esters is 1. The molecule has 0 unspecified atom stereocenters. The van der Waals surface area contributed by atoms with Gasteiger partial charge in [0.2, 0.25) is 0 Å². The number of aromatic nitrogens is 1. The van der Waals surface area contributed by atoms with Crippen LogP contribution >= 0.6 is 11.6 Å². The van der Waals surface area contributed by atoms with Crippen molar-refractivity contribution in [2.45, 2.75) is 0 Å². The van der Waals surface area contributed by atoms with E-state index in [9.17, 15) is 14.0 Å². The van der Waals surface area contributed by atoms with Crippen LogP contribution in [0.5, 0.6) is 0 Å². The highest BCUT2D eigenvalue weighted by Gasteiger charge is 2.11. The smallest absolute Gasteiger partial charge is 0.354 e. The monoisotopic (exact) mass is 269 g/mol. The molecule has 0 fully saturated rings. The Bertz CT molecular complexity index is 653. The summed E-state index contributed by atoms with van der Waals surface area (Å²) in [4.78, 5) is 26.0. The SMILES string of the molecule is O=C(OCCCl)c1cc(=O)c2cc(F)ccc2[nH]1. The van der Waals surface area contributed by atoms with Gasteiger partial charge in [-0.25, -0.2) is 9.18 Å². The van der Waals surface area contributed by atoms with Crippen LogP contribution in [-0.4, -0.2) is 23.4 Å². The number of H-pyrrole nitrogens is 1. The van der Waals surface area contributed by atoms with Crippen LogP contribution in [0.15, 0.2) is 29.1 Å². The third-order valence-electron chi connectivity index (χ3n) is 2.32. The van der Waals surface area contributed by atoms with Gasteiger partial charge in [-0.2, -0.15) is 0 Å². The van der Waals surface area contributed by atoms with Crippen molar-refractivity contribution >= 4 is 28.5 Å². The largest absolute Gasteiger partial charge is 0.460 e. The Balaban J connectivity index is 2.46. The van der Waals surface area contributed by atoms with Crippen LogP contribution in [0, 0.1) is 5.82 Å². The number of hydrogen-bond donors (Lipinski definition) is 1. The minimum atomic E-state index is -0.668. The lowest BCUT2D eigenvalue weighted by molar-refractivity contribution is 0.0522. The summed E-state index contributed by atoms with van der Waals surface area (Å²) in [6.07, 6.45) is 0. The maximum Gasteiger partial charge on any atom is 0.354 e. The lowest BCUT2D eigenvalue weighted by Gasteiger charge is -2.04. The molecule has 0 amide bonds. The second-order valence-electron chi connectivity index (χ2n) is 3.56. The highest BCUT2D eigenvalue weighted by atomic mass is 35.5. The molecule has 94 valence electrons. The third-order valence-corrected chi connectivity index (χ3v) is 2.48. The molecular weight excluding hydrogens is 261 g/mol. The number of alkyl halides is 1. The number of benzene rings is 1. The van der Waals surface area contributed by atoms with Gasteiger partial charge in [-0.15, -0.1) is 11.6 Å². The molecule has 1 aromatic heterocycles. The third kappa shape index (κ3) is 2.51. The lowest BCUT2D eigenvalue weighted by Crippen LogP contribution is -2.13. The number of fused-ring (bicyclic) bond motifs is 1. The van der Waals surface area contributed by atoms with Crippen molar-refractivity contribution in [1.82, 2.24) is 4.98 Å². The molecule has 2 aromatic rings. The van der Waals surface area contributed by atoms with Crippen molar-refractivity contribution in [3.05, 3.63) is 46.0 Å². The predicted octanol–water partition coefficient (Wildman–Crippen LogP) is 2.06. The predicted molar refractivity (Wildman–Crippen MR) is 65.5 cm³/mol. The van der Waals surface area contributed by atoms with E-state index in [0.717, 1.165) is 12.1 Å². The van der Waals surface area contributed by atoms with Crippen molar-refractivity contribution in [3.63, 3.8) is 0 Å². The zero-order valence-electron chi connectivity index (χ0n) is 9.20. The van der Waals surface area contributed by atoms with E-state index in [0.29, 0.717) is 5.52 Å². The quantitative estimate of drug-likeness (QED) is 0.685. The number of pyridine rings is 1. The molecule has 0 aliphatic heterocycles. The van der Waals surface area contributed by atoms with E-state index in [4.69, 9.17) is 16.3 Å². The van der Waals surface area contributed by atoms with Crippen LogP contribution in [0.25, 0.3) is 10.9 Å². The number of carbonyl (C=O) groups excluding carboxylic acids is 1. The fraction of sp³-hybridized carbons (Fsp3) is 0.167. The van der Waals surface area contributed by atoms with Gasteiger partial charge >= 0.3 is 5.97 Å². The molecule has 0 saturated heterocycles. The van der Waals surface area contributed by atoms with Gasteiger partial charge in [-0.1, -0.05) is 0 Å². The van der Waals surface area contributed by atoms with Gasteiger partial charge in [-0.05, 0) is 18.2 Å². The Morgan fingerprint density at radius 3 is 2.89 bits per heavy atom.